The number of sulfonamides is 1. The van der Waals surface area contributed by atoms with Crippen LogP contribution in [0.15, 0.2) is 65.6 Å². The second-order valence-electron chi connectivity index (χ2n) is 7.80. The number of nitrogens with zero attached hydrogens (tertiary/aromatic N) is 1. The van der Waals surface area contributed by atoms with Crippen LogP contribution in [-0.2, 0) is 29.3 Å². The van der Waals surface area contributed by atoms with Crippen molar-refractivity contribution >= 4 is 21.7 Å². The predicted molar refractivity (Wildman–Crippen MR) is 125 cm³/mol. The SMILES string of the molecule is COc1cc(OC)cc(S(=O)(=O)N2CCc3cccc(CCc4ccc(C(=O)O)cc4)c32)c1. The Morgan fingerprint density at radius 1 is 0.970 bits per heavy atom. The average molecular weight is 468 g/mol. The molecule has 7 nitrogen and oxygen atoms in total. The van der Waals surface area contributed by atoms with Crippen molar-refractivity contribution in [2.75, 3.05) is 25.1 Å². The number of fused-ring (bicyclic) bond motifs is 1. The highest BCUT2D eigenvalue weighted by atomic mass is 32.2. The highest BCUT2D eigenvalue weighted by Gasteiger charge is 2.33. The zero-order valence-corrected chi connectivity index (χ0v) is 19.3. The minimum absolute atomic E-state index is 0.116. The molecule has 1 aliphatic rings. The van der Waals surface area contributed by atoms with Crippen molar-refractivity contribution in [2.45, 2.75) is 24.2 Å². The summed E-state index contributed by atoms with van der Waals surface area (Å²) >= 11 is 0. The molecule has 172 valence electrons. The zero-order chi connectivity index (χ0) is 23.6. The molecule has 0 saturated heterocycles. The van der Waals surface area contributed by atoms with Gasteiger partial charge >= 0.3 is 5.97 Å². The topological polar surface area (TPSA) is 93.1 Å². The van der Waals surface area contributed by atoms with Gasteiger partial charge in [-0.3, -0.25) is 4.31 Å². The summed E-state index contributed by atoms with van der Waals surface area (Å²) in [6, 6.07) is 17.3. The molecular weight excluding hydrogens is 442 g/mol. The molecule has 0 atom stereocenters. The third kappa shape index (κ3) is 4.52. The lowest BCUT2D eigenvalue weighted by atomic mass is 10.00. The van der Waals surface area contributed by atoms with Gasteiger partial charge in [0.15, 0.2) is 0 Å². The number of hydrogen-bond donors (Lipinski definition) is 1. The number of hydrogen-bond acceptors (Lipinski definition) is 5. The molecule has 0 unspecified atom stereocenters. The predicted octanol–water partition coefficient (Wildman–Crippen LogP) is 3.94. The van der Waals surface area contributed by atoms with Crippen LogP contribution in [0.5, 0.6) is 11.5 Å². The van der Waals surface area contributed by atoms with Crippen molar-refractivity contribution in [2.24, 2.45) is 0 Å². The van der Waals surface area contributed by atoms with Gasteiger partial charge in [0.2, 0.25) is 0 Å². The van der Waals surface area contributed by atoms with E-state index >= 15 is 0 Å². The number of ether oxygens (including phenoxy) is 2. The van der Waals surface area contributed by atoms with E-state index in [9.17, 15) is 13.2 Å². The summed E-state index contributed by atoms with van der Waals surface area (Å²) in [5.41, 5.74) is 3.88. The van der Waals surface area contributed by atoms with Gasteiger partial charge in [-0.1, -0.05) is 30.3 Å². The number of carbonyl (C=O) groups is 1. The molecule has 0 amide bonds. The van der Waals surface area contributed by atoms with E-state index in [-0.39, 0.29) is 10.5 Å². The highest BCUT2D eigenvalue weighted by Crippen LogP contribution is 2.38. The van der Waals surface area contributed by atoms with Crippen molar-refractivity contribution in [1.82, 2.24) is 0 Å². The number of carboxylic acids is 1. The van der Waals surface area contributed by atoms with E-state index in [0.29, 0.717) is 37.3 Å². The van der Waals surface area contributed by atoms with Gasteiger partial charge < -0.3 is 14.6 Å². The second-order valence-corrected chi connectivity index (χ2v) is 9.66. The summed E-state index contributed by atoms with van der Waals surface area (Å²) in [6.45, 7) is 0.363. The Balaban J connectivity index is 1.65. The Morgan fingerprint density at radius 2 is 1.64 bits per heavy atom. The van der Waals surface area contributed by atoms with E-state index < -0.39 is 16.0 Å². The van der Waals surface area contributed by atoms with Gasteiger partial charge in [-0.25, -0.2) is 13.2 Å². The number of anilines is 1. The molecule has 0 saturated carbocycles. The first-order chi connectivity index (χ1) is 15.8. The number of aryl methyl sites for hydroxylation is 2. The van der Waals surface area contributed by atoms with Crippen LogP contribution >= 0.6 is 0 Å². The first kappa shape index (κ1) is 22.7. The first-order valence-electron chi connectivity index (χ1n) is 10.5. The summed E-state index contributed by atoms with van der Waals surface area (Å²) in [6.07, 6.45) is 1.93. The summed E-state index contributed by atoms with van der Waals surface area (Å²) in [4.78, 5) is 11.2. The molecule has 1 heterocycles. The minimum Gasteiger partial charge on any atom is -0.497 e. The van der Waals surface area contributed by atoms with Crippen LogP contribution in [-0.4, -0.2) is 40.3 Å². The molecule has 0 fully saturated rings. The van der Waals surface area contributed by atoms with Gasteiger partial charge in [-0.15, -0.1) is 0 Å². The van der Waals surface area contributed by atoms with Crippen molar-refractivity contribution in [3.05, 3.63) is 82.9 Å². The number of para-hydroxylation sites is 1. The lowest BCUT2D eigenvalue weighted by Gasteiger charge is -2.23. The van der Waals surface area contributed by atoms with Crippen molar-refractivity contribution in [1.29, 1.82) is 0 Å². The van der Waals surface area contributed by atoms with Gasteiger partial charge in [0.25, 0.3) is 10.0 Å². The Kier molecular flexibility index (Phi) is 6.29. The molecule has 1 aliphatic heterocycles. The van der Waals surface area contributed by atoms with Gasteiger partial charge in [0.1, 0.15) is 11.5 Å². The number of methoxy groups -OCH3 is 2. The molecule has 0 radical (unpaired) electrons. The molecule has 0 spiro atoms. The maximum atomic E-state index is 13.6. The lowest BCUT2D eigenvalue weighted by Crippen LogP contribution is -2.30. The smallest absolute Gasteiger partial charge is 0.335 e. The van der Waals surface area contributed by atoms with Gasteiger partial charge in [0, 0.05) is 24.7 Å². The largest absolute Gasteiger partial charge is 0.497 e. The van der Waals surface area contributed by atoms with Crippen LogP contribution in [0.1, 0.15) is 27.0 Å². The molecule has 3 aromatic rings. The summed E-state index contributed by atoms with van der Waals surface area (Å²) in [5.74, 6) is -0.145. The lowest BCUT2D eigenvalue weighted by molar-refractivity contribution is 0.0697. The molecule has 33 heavy (non-hydrogen) atoms. The third-order valence-corrected chi connectivity index (χ3v) is 7.61. The fourth-order valence-electron chi connectivity index (χ4n) is 4.09. The van der Waals surface area contributed by atoms with E-state index in [2.05, 4.69) is 0 Å². The van der Waals surface area contributed by atoms with E-state index in [4.69, 9.17) is 14.6 Å². The average Bonchev–Trinajstić information content (AvgIpc) is 3.28. The van der Waals surface area contributed by atoms with Gasteiger partial charge in [-0.05, 0) is 48.1 Å². The molecule has 1 N–H and O–H groups in total. The summed E-state index contributed by atoms with van der Waals surface area (Å²) < 4.78 is 39.2. The molecule has 0 bridgehead atoms. The van der Waals surface area contributed by atoms with Crippen molar-refractivity contribution in [3.63, 3.8) is 0 Å². The van der Waals surface area contributed by atoms with Crippen LogP contribution in [0.4, 0.5) is 5.69 Å². The normalized spacial score (nSPS) is 13.0. The third-order valence-electron chi connectivity index (χ3n) is 5.83. The van der Waals surface area contributed by atoms with Gasteiger partial charge in [0.05, 0.1) is 30.4 Å². The Morgan fingerprint density at radius 3 is 2.24 bits per heavy atom. The van der Waals surface area contributed by atoms with Crippen LogP contribution < -0.4 is 13.8 Å². The Labute approximate surface area is 193 Å². The minimum atomic E-state index is -3.83. The molecule has 0 aromatic heterocycles. The van der Waals surface area contributed by atoms with Crippen molar-refractivity contribution < 1.29 is 27.8 Å². The van der Waals surface area contributed by atoms with Crippen LogP contribution in [0.25, 0.3) is 0 Å². The number of carboxylic acid groups (broad SMARTS) is 1. The molecule has 3 aromatic carbocycles. The van der Waals surface area contributed by atoms with Crippen molar-refractivity contribution in [3.8, 4) is 11.5 Å². The molecular formula is C25H25NO6S. The van der Waals surface area contributed by atoms with E-state index in [1.54, 1.807) is 30.3 Å². The first-order valence-corrected chi connectivity index (χ1v) is 12.0. The quantitative estimate of drug-likeness (QED) is 0.539. The van der Waals surface area contributed by atoms with Crippen LogP contribution in [0.3, 0.4) is 0 Å². The number of benzene rings is 3. The maximum Gasteiger partial charge on any atom is 0.335 e. The number of aromatic carboxylic acids is 1. The van der Waals surface area contributed by atoms with E-state index in [1.807, 2.05) is 18.2 Å². The summed E-state index contributed by atoms with van der Waals surface area (Å²) in [5, 5.41) is 9.08. The monoisotopic (exact) mass is 467 g/mol. The van der Waals surface area contributed by atoms with Gasteiger partial charge in [-0.2, -0.15) is 0 Å². The fourth-order valence-corrected chi connectivity index (χ4v) is 5.68. The maximum absolute atomic E-state index is 13.6. The van der Waals surface area contributed by atoms with E-state index in [0.717, 1.165) is 22.4 Å². The summed E-state index contributed by atoms with van der Waals surface area (Å²) in [7, 11) is -0.863. The fraction of sp³-hybridized carbons (Fsp3) is 0.240. The van der Waals surface area contributed by atoms with Crippen LogP contribution in [0, 0.1) is 0 Å². The molecule has 8 heteroatoms. The van der Waals surface area contributed by atoms with Crippen LogP contribution in [0.2, 0.25) is 0 Å². The number of rotatable bonds is 8. The second kappa shape index (κ2) is 9.15. The molecule has 4 rings (SSSR count). The Bertz CT molecular complexity index is 1260. The zero-order valence-electron chi connectivity index (χ0n) is 18.4. The molecule has 0 aliphatic carbocycles. The standard InChI is InChI=1S/C25H25NO6S/c1-31-21-14-22(32-2)16-23(15-21)33(29,30)26-13-12-19-5-3-4-18(24(19)26)9-6-17-7-10-20(11-8-17)25(27)28/h3-5,7-8,10-11,14-16H,6,9,12-13H2,1-2H3,(H,27,28). The Hall–Kier alpha value is -3.52. The highest BCUT2D eigenvalue weighted by molar-refractivity contribution is 7.92. The van der Waals surface area contributed by atoms with E-state index in [1.165, 1.54) is 30.7 Å².